The van der Waals surface area contributed by atoms with Crippen LogP contribution in [-0.2, 0) is 37.9 Å². The molecular formula is C3N3NdS3. The van der Waals surface area contributed by atoms with Crippen LogP contribution in [0.5, 0.6) is 0 Å². The first kappa shape index (κ1) is 22.4. The summed E-state index contributed by atoms with van der Waals surface area (Å²) in [4.78, 5) is 0. The van der Waals surface area contributed by atoms with Gasteiger partial charge in [-0.15, -0.1) is 0 Å². The molecule has 0 heterocycles. The van der Waals surface area contributed by atoms with Gasteiger partial charge < -0.3 is 37.9 Å². The fourth-order valence-corrected chi connectivity index (χ4v) is 0. The van der Waals surface area contributed by atoms with Gasteiger partial charge in [0.05, 0.1) is 0 Å². The Morgan fingerprint density at radius 3 is 0.700 bits per heavy atom. The maximum atomic E-state index is 7.13. The average molecular weight is 318 g/mol. The van der Waals surface area contributed by atoms with Crippen LogP contribution in [0.15, 0.2) is 0 Å². The van der Waals surface area contributed by atoms with Gasteiger partial charge in [-0.1, -0.05) is 16.2 Å². The zero-order valence-electron chi connectivity index (χ0n) is 4.57. The van der Waals surface area contributed by atoms with Gasteiger partial charge in [0.2, 0.25) is 0 Å². The minimum atomic E-state index is 0. The van der Waals surface area contributed by atoms with Gasteiger partial charge in [0.25, 0.3) is 0 Å². The van der Waals surface area contributed by atoms with Crippen LogP contribution in [0.2, 0.25) is 0 Å². The molecule has 0 aliphatic rings. The number of nitriles is 3. The summed E-state index contributed by atoms with van der Waals surface area (Å²) in [6, 6.07) is 0. The first-order chi connectivity index (χ1) is 4.24. The van der Waals surface area contributed by atoms with Crippen molar-refractivity contribution in [1.29, 1.82) is 15.8 Å². The maximum absolute atomic E-state index is 7.13. The predicted molar refractivity (Wildman–Crippen MR) is 38.9 cm³/mol. The molecule has 0 saturated heterocycles. The number of hydrogen-bond acceptors (Lipinski definition) is 6. The van der Waals surface area contributed by atoms with Crippen LogP contribution in [0.25, 0.3) is 0 Å². The molecule has 1 radical (unpaired) electrons. The van der Waals surface area contributed by atoms with E-state index in [1.807, 2.05) is 0 Å². The number of thiocyanates is 3. The summed E-state index contributed by atoms with van der Waals surface area (Å²) in [6.07, 6.45) is 0. The van der Waals surface area contributed by atoms with Gasteiger partial charge in [-0.05, 0) is 0 Å². The van der Waals surface area contributed by atoms with E-state index < -0.39 is 0 Å². The Labute approximate surface area is 109 Å². The second-order valence-corrected chi connectivity index (χ2v) is 0.822. The van der Waals surface area contributed by atoms with Crippen LogP contribution in [0, 0.1) is 72.8 Å². The van der Waals surface area contributed by atoms with Crippen LogP contribution < -0.4 is 0 Å². The second kappa shape index (κ2) is 56.3. The van der Waals surface area contributed by atoms with Gasteiger partial charge in [-0.2, -0.15) is 0 Å². The standard InChI is InChI=1S/3CHNS.Nd/c3*2-1-3;/h3*3H;/q;;;+3/p-3. The average Bonchev–Trinajstić information content (AvgIpc) is 1.70. The number of nitrogens with zero attached hydrogens (tertiary/aromatic N) is 3. The van der Waals surface area contributed by atoms with Crippen molar-refractivity contribution >= 4 is 37.9 Å². The van der Waals surface area contributed by atoms with Gasteiger partial charge in [0.15, 0.2) is 0 Å². The molecule has 0 aliphatic heterocycles. The SMILES string of the molecule is N#C[S-].N#C[S-].N#C[S-].[Nd+3]. The van der Waals surface area contributed by atoms with E-state index in [1.165, 1.54) is 16.2 Å². The second-order valence-electron chi connectivity index (χ2n) is 0.274. The van der Waals surface area contributed by atoms with Crippen LogP contribution in [-0.4, -0.2) is 0 Å². The van der Waals surface area contributed by atoms with E-state index >= 15 is 0 Å². The van der Waals surface area contributed by atoms with E-state index in [0.717, 1.165) is 0 Å². The summed E-state index contributed by atoms with van der Waals surface area (Å²) in [5, 5.41) is 25.4. The Morgan fingerprint density at radius 1 is 0.700 bits per heavy atom. The van der Waals surface area contributed by atoms with Crippen LogP contribution in [0.3, 0.4) is 0 Å². The molecule has 0 aromatic heterocycles. The number of rotatable bonds is 0. The summed E-state index contributed by atoms with van der Waals surface area (Å²) in [5.41, 5.74) is 0. The topological polar surface area (TPSA) is 71.4 Å². The molecule has 0 spiro atoms. The van der Waals surface area contributed by atoms with Gasteiger partial charge in [-0.25, -0.2) is 15.8 Å². The van der Waals surface area contributed by atoms with E-state index in [4.69, 9.17) is 15.8 Å². The van der Waals surface area contributed by atoms with Crippen LogP contribution >= 0.6 is 0 Å². The molecule has 0 aliphatic carbocycles. The Kier molecular flexibility index (Phi) is 126. The Balaban J connectivity index is -0.0000000257. The molecule has 0 N–H and O–H groups in total. The zero-order chi connectivity index (χ0) is 8.12. The van der Waals surface area contributed by atoms with Gasteiger partial charge in [0, 0.05) is 0 Å². The molecule has 0 bridgehead atoms. The van der Waals surface area contributed by atoms with Crippen LogP contribution in [0.1, 0.15) is 0 Å². The molecule has 0 atom stereocenters. The van der Waals surface area contributed by atoms with Crippen molar-refractivity contribution in [2.24, 2.45) is 0 Å². The molecule has 49 valence electrons. The monoisotopic (exact) mass is 316 g/mol. The summed E-state index contributed by atoms with van der Waals surface area (Å²) in [7, 11) is 0. The Hall–Kier alpha value is 0.481. The van der Waals surface area contributed by atoms with E-state index in [2.05, 4.69) is 37.9 Å². The van der Waals surface area contributed by atoms with E-state index in [-0.39, 0.29) is 40.8 Å². The van der Waals surface area contributed by atoms with Gasteiger partial charge >= 0.3 is 40.8 Å². The van der Waals surface area contributed by atoms with Crippen LogP contribution in [0.4, 0.5) is 0 Å². The molecule has 0 aromatic carbocycles. The normalized spacial score (nSPS) is 2.10. The largest absolute Gasteiger partial charge is 3.00 e. The third-order valence-electron chi connectivity index (χ3n) is 0. The fourth-order valence-electron chi connectivity index (χ4n) is 0. The summed E-state index contributed by atoms with van der Waals surface area (Å²) in [5.74, 6) is 0. The van der Waals surface area contributed by atoms with Crippen molar-refractivity contribution < 1.29 is 40.8 Å². The maximum Gasteiger partial charge on any atom is 3.00 e. The minimum Gasteiger partial charge on any atom is -0.696 e. The van der Waals surface area contributed by atoms with Gasteiger partial charge in [0.1, 0.15) is 0 Å². The molecule has 7 heteroatoms. The summed E-state index contributed by atoms with van der Waals surface area (Å²) in [6.45, 7) is 0. The first-order valence-electron chi connectivity index (χ1n) is 1.28. The zero-order valence-corrected chi connectivity index (χ0v) is 10.2. The Morgan fingerprint density at radius 2 is 0.700 bits per heavy atom. The fraction of sp³-hybridized carbons (Fsp3) is 0. The summed E-state index contributed by atoms with van der Waals surface area (Å²) >= 11 is 11.1. The quantitative estimate of drug-likeness (QED) is 0.464. The smallest absolute Gasteiger partial charge is 0.696 e. The van der Waals surface area contributed by atoms with Crippen molar-refractivity contribution in [2.75, 3.05) is 0 Å². The van der Waals surface area contributed by atoms with E-state index in [0.29, 0.717) is 0 Å². The van der Waals surface area contributed by atoms with Crippen molar-refractivity contribution in [3.05, 3.63) is 0 Å². The van der Waals surface area contributed by atoms with E-state index in [9.17, 15) is 0 Å². The van der Waals surface area contributed by atoms with Crippen molar-refractivity contribution in [3.8, 4) is 16.2 Å². The third-order valence-corrected chi connectivity index (χ3v) is 0. The molecule has 0 amide bonds. The Bertz CT molecular complexity index is 112. The third kappa shape index (κ3) is 2050. The van der Waals surface area contributed by atoms with Crippen molar-refractivity contribution in [2.45, 2.75) is 0 Å². The number of hydrogen-bond donors (Lipinski definition) is 0. The predicted octanol–water partition coefficient (Wildman–Crippen LogP) is 0.0431. The molecule has 3 nitrogen and oxygen atoms in total. The van der Waals surface area contributed by atoms with Crippen molar-refractivity contribution in [3.63, 3.8) is 0 Å². The summed E-state index contributed by atoms with van der Waals surface area (Å²) < 4.78 is 0. The molecule has 10 heavy (non-hydrogen) atoms. The molecule has 0 aromatic rings. The molecule has 0 unspecified atom stereocenters. The van der Waals surface area contributed by atoms with Gasteiger partial charge in [-0.3, -0.25) is 0 Å². The molecular weight excluding hydrogens is 318 g/mol. The molecule has 0 rings (SSSR count). The molecule has 0 fully saturated rings. The van der Waals surface area contributed by atoms with E-state index in [1.54, 1.807) is 0 Å². The minimum absolute atomic E-state index is 0. The van der Waals surface area contributed by atoms with Crippen molar-refractivity contribution in [1.82, 2.24) is 0 Å². The first-order valence-corrected chi connectivity index (χ1v) is 2.51. The molecule has 0 saturated carbocycles.